The SMILES string of the molecule is CCc1nc(NN)cc(Nc2ccccc2C(F)(F)F)n1. The van der Waals surface area contributed by atoms with Crippen molar-refractivity contribution in [3.63, 3.8) is 0 Å². The summed E-state index contributed by atoms with van der Waals surface area (Å²) in [6.45, 7) is 1.84. The van der Waals surface area contributed by atoms with Crippen molar-refractivity contribution in [2.75, 3.05) is 10.7 Å². The Labute approximate surface area is 119 Å². The second-order valence-electron chi connectivity index (χ2n) is 4.22. The number of rotatable bonds is 4. The van der Waals surface area contributed by atoms with Gasteiger partial charge in [0.2, 0.25) is 0 Å². The fourth-order valence-corrected chi connectivity index (χ4v) is 1.77. The Morgan fingerprint density at radius 3 is 2.43 bits per heavy atom. The van der Waals surface area contributed by atoms with Crippen LogP contribution in [0.1, 0.15) is 18.3 Å². The first-order valence-corrected chi connectivity index (χ1v) is 6.22. The smallest absolute Gasteiger partial charge is 0.340 e. The van der Waals surface area contributed by atoms with Gasteiger partial charge < -0.3 is 10.7 Å². The summed E-state index contributed by atoms with van der Waals surface area (Å²) >= 11 is 0. The zero-order valence-electron chi connectivity index (χ0n) is 11.2. The van der Waals surface area contributed by atoms with Crippen molar-refractivity contribution >= 4 is 17.3 Å². The molecule has 4 N–H and O–H groups in total. The topological polar surface area (TPSA) is 75.9 Å². The minimum absolute atomic E-state index is 0.0753. The molecule has 1 aromatic heterocycles. The number of anilines is 3. The summed E-state index contributed by atoms with van der Waals surface area (Å²) in [6.07, 6.45) is -3.91. The second-order valence-corrected chi connectivity index (χ2v) is 4.22. The normalized spacial score (nSPS) is 11.3. The van der Waals surface area contributed by atoms with Gasteiger partial charge in [0.25, 0.3) is 0 Å². The summed E-state index contributed by atoms with van der Waals surface area (Å²) in [4.78, 5) is 8.21. The number of hydrogen-bond donors (Lipinski definition) is 3. The molecule has 5 nitrogen and oxygen atoms in total. The molecule has 0 bridgehead atoms. The number of hydrogen-bond acceptors (Lipinski definition) is 5. The zero-order valence-corrected chi connectivity index (χ0v) is 11.2. The number of para-hydroxylation sites is 1. The maximum Gasteiger partial charge on any atom is 0.418 e. The van der Waals surface area contributed by atoms with Gasteiger partial charge in [0.15, 0.2) is 0 Å². The average molecular weight is 297 g/mol. The van der Waals surface area contributed by atoms with Crippen LogP contribution in [0.25, 0.3) is 0 Å². The first-order valence-electron chi connectivity index (χ1n) is 6.22. The third-order valence-electron chi connectivity index (χ3n) is 2.73. The van der Waals surface area contributed by atoms with Crippen molar-refractivity contribution in [3.05, 3.63) is 41.7 Å². The molecule has 2 rings (SSSR count). The van der Waals surface area contributed by atoms with Crippen molar-refractivity contribution in [1.29, 1.82) is 0 Å². The van der Waals surface area contributed by atoms with Crippen molar-refractivity contribution in [1.82, 2.24) is 9.97 Å². The van der Waals surface area contributed by atoms with Gasteiger partial charge in [-0.15, -0.1) is 0 Å². The number of nitrogens with two attached hydrogens (primary N) is 1. The Kier molecular flexibility index (Phi) is 4.27. The van der Waals surface area contributed by atoms with Crippen molar-refractivity contribution in [2.45, 2.75) is 19.5 Å². The molecule has 0 saturated heterocycles. The van der Waals surface area contributed by atoms with Crippen molar-refractivity contribution in [2.24, 2.45) is 5.84 Å². The number of alkyl halides is 3. The van der Waals surface area contributed by atoms with E-state index in [4.69, 9.17) is 5.84 Å². The van der Waals surface area contributed by atoms with Crippen LogP contribution in [-0.4, -0.2) is 9.97 Å². The van der Waals surface area contributed by atoms with Crippen LogP contribution in [0.15, 0.2) is 30.3 Å². The third kappa shape index (κ3) is 3.60. The van der Waals surface area contributed by atoms with E-state index in [2.05, 4.69) is 20.7 Å². The van der Waals surface area contributed by atoms with Crippen molar-refractivity contribution in [3.8, 4) is 0 Å². The number of benzene rings is 1. The molecule has 0 atom stereocenters. The maximum atomic E-state index is 12.9. The van der Waals surface area contributed by atoms with Crippen molar-refractivity contribution < 1.29 is 13.2 Å². The highest BCUT2D eigenvalue weighted by molar-refractivity contribution is 5.63. The van der Waals surface area contributed by atoms with Crippen LogP contribution >= 0.6 is 0 Å². The van der Waals surface area contributed by atoms with E-state index >= 15 is 0 Å². The molecule has 0 amide bonds. The second kappa shape index (κ2) is 5.96. The fourth-order valence-electron chi connectivity index (χ4n) is 1.77. The van der Waals surface area contributed by atoms with Crippen LogP contribution < -0.4 is 16.6 Å². The van der Waals surface area contributed by atoms with Crippen LogP contribution in [0.5, 0.6) is 0 Å². The molecule has 0 radical (unpaired) electrons. The highest BCUT2D eigenvalue weighted by Crippen LogP contribution is 2.35. The van der Waals surface area contributed by atoms with Gasteiger partial charge in [0.05, 0.1) is 11.3 Å². The van der Waals surface area contributed by atoms with E-state index in [0.29, 0.717) is 18.1 Å². The van der Waals surface area contributed by atoms with Crippen LogP contribution in [0.3, 0.4) is 0 Å². The molecule has 0 aliphatic carbocycles. The molecular weight excluding hydrogens is 283 g/mol. The number of aromatic nitrogens is 2. The number of nitrogens with one attached hydrogen (secondary N) is 2. The van der Waals surface area contributed by atoms with Gasteiger partial charge in [-0.05, 0) is 12.1 Å². The van der Waals surface area contributed by atoms with Crippen LogP contribution in [-0.2, 0) is 12.6 Å². The summed E-state index contributed by atoms with van der Waals surface area (Å²) in [5.41, 5.74) is 1.52. The highest BCUT2D eigenvalue weighted by atomic mass is 19.4. The van der Waals surface area contributed by atoms with Crippen LogP contribution in [0.2, 0.25) is 0 Å². The third-order valence-corrected chi connectivity index (χ3v) is 2.73. The molecule has 1 heterocycles. The molecule has 0 aliphatic rings. The van der Waals surface area contributed by atoms with E-state index in [1.807, 2.05) is 6.92 Å². The number of aryl methyl sites for hydroxylation is 1. The molecule has 1 aromatic carbocycles. The average Bonchev–Trinajstić information content (AvgIpc) is 2.46. The standard InChI is InChI=1S/C13H14F3N5/c1-2-10-19-11(7-12(20-10)21-17)18-9-6-4-3-5-8(9)13(14,15)16/h3-7H,2,17H2,1H3,(H2,18,19,20,21). The molecule has 0 unspecified atom stereocenters. The number of hydrazine groups is 1. The summed E-state index contributed by atoms with van der Waals surface area (Å²) < 4.78 is 38.8. The lowest BCUT2D eigenvalue weighted by Crippen LogP contribution is -2.12. The van der Waals surface area contributed by atoms with Gasteiger partial charge in [-0.3, -0.25) is 0 Å². The van der Waals surface area contributed by atoms with E-state index < -0.39 is 11.7 Å². The minimum atomic E-state index is -4.45. The molecule has 0 fully saturated rings. The molecule has 112 valence electrons. The van der Waals surface area contributed by atoms with Gasteiger partial charge in [-0.25, -0.2) is 15.8 Å². The summed E-state index contributed by atoms with van der Waals surface area (Å²) in [7, 11) is 0. The Morgan fingerprint density at radius 2 is 1.81 bits per heavy atom. The quantitative estimate of drug-likeness (QED) is 0.597. The van der Waals surface area contributed by atoms with Crippen LogP contribution in [0, 0.1) is 0 Å². The van der Waals surface area contributed by atoms with Gasteiger partial charge in [0.1, 0.15) is 17.5 Å². The van der Waals surface area contributed by atoms with E-state index in [1.54, 1.807) is 0 Å². The van der Waals surface area contributed by atoms with E-state index in [1.165, 1.54) is 24.3 Å². The number of halogens is 3. The fraction of sp³-hybridized carbons (Fsp3) is 0.231. The van der Waals surface area contributed by atoms with E-state index in [-0.39, 0.29) is 11.5 Å². The minimum Gasteiger partial charge on any atom is -0.340 e. The van der Waals surface area contributed by atoms with Gasteiger partial charge >= 0.3 is 6.18 Å². The lowest BCUT2D eigenvalue weighted by Gasteiger charge is -2.14. The lowest BCUT2D eigenvalue weighted by atomic mass is 10.1. The molecule has 0 aliphatic heterocycles. The number of nitrogen functional groups attached to an aromatic ring is 1. The first-order chi connectivity index (χ1) is 9.94. The molecule has 0 spiro atoms. The summed E-state index contributed by atoms with van der Waals surface area (Å²) in [5, 5.41) is 2.66. The summed E-state index contributed by atoms with van der Waals surface area (Å²) in [6, 6.07) is 6.63. The van der Waals surface area contributed by atoms with Gasteiger partial charge in [0, 0.05) is 12.5 Å². The Hall–Kier alpha value is -2.35. The molecule has 0 saturated carbocycles. The largest absolute Gasteiger partial charge is 0.418 e. The lowest BCUT2D eigenvalue weighted by molar-refractivity contribution is -0.136. The summed E-state index contributed by atoms with van der Waals surface area (Å²) in [5.74, 6) is 6.33. The van der Waals surface area contributed by atoms with E-state index in [9.17, 15) is 13.2 Å². The highest BCUT2D eigenvalue weighted by Gasteiger charge is 2.33. The molecule has 2 aromatic rings. The van der Waals surface area contributed by atoms with E-state index in [0.717, 1.165) is 6.07 Å². The molecule has 8 heteroatoms. The predicted molar refractivity (Wildman–Crippen MR) is 73.9 cm³/mol. The van der Waals surface area contributed by atoms with Gasteiger partial charge in [-0.1, -0.05) is 19.1 Å². The maximum absolute atomic E-state index is 12.9. The van der Waals surface area contributed by atoms with Gasteiger partial charge in [-0.2, -0.15) is 13.2 Å². The molecular formula is C13H14F3N5. The Morgan fingerprint density at radius 1 is 1.14 bits per heavy atom. The Bertz CT molecular complexity index is 605. The zero-order chi connectivity index (χ0) is 15.5. The monoisotopic (exact) mass is 297 g/mol. The first kappa shape index (κ1) is 15.0. The predicted octanol–water partition coefficient (Wildman–Crippen LogP) is 3.09. The van der Waals surface area contributed by atoms with Crippen LogP contribution in [0.4, 0.5) is 30.5 Å². The molecule has 21 heavy (non-hydrogen) atoms. The number of nitrogens with zero attached hydrogens (tertiary/aromatic N) is 2. The Balaban J connectivity index is 2.39.